The lowest BCUT2D eigenvalue weighted by atomic mass is 10.1. The van der Waals surface area contributed by atoms with E-state index in [-0.39, 0.29) is 134 Å². The van der Waals surface area contributed by atoms with Crippen LogP contribution in [0.15, 0.2) is 193 Å². The second-order valence-electron chi connectivity index (χ2n) is 30.5. The molecule has 12 rings (SSSR count). The highest BCUT2D eigenvalue weighted by atomic mass is 127. The molecular weight excluding hydrogens is 2080 g/mol. The number of nitrogens with one attached hydrogen (secondary N) is 6. The first-order valence-electron chi connectivity index (χ1n) is 41.8. The molecule has 0 aliphatic carbocycles. The van der Waals surface area contributed by atoms with Gasteiger partial charge in [-0.3, -0.25) is 0 Å². The number of thiocarbonyl (C=S) groups is 6. The Labute approximate surface area is 855 Å². The van der Waals surface area contributed by atoms with Crippen LogP contribution in [0.5, 0.6) is 34.5 Å². The SMILES string of the molecule is COC(=S)Nc1cccc(Br)c1COc1cc(C)c(C)cc1F.COC(=S)Nc1cccc(C)c1COc1cc(C)c(C)cc1F.COC(=S)Nc1cccc(Cl)c1COc1cc(C)c(C)cc1F.COC(=S)Nc1cccc(F)c1COc1cc(C)c(C)cc1F.COC(=S)Nc1cccc(I)c1COc1cc(C)c(C)cc1F.COC(=S)Nc1ccccc1COc1cc(C)c(C)cc1F. The topological polar surface area (TPSA) is 183 Å². The second kappa shape index (κ2) is 55.9. The molecule has 0 aliphatic rings. The zero-order valence-electron chi connectivity index (χ0n) is 78.8. The average molecular weight is 2190 g/mol. The van der Waals surface area contributed by atoms with Crippen molar-refractivity contribution in [3.05, 3.63) is 348 Å². The molecule has 34 heteroatoms. The highest BCUT2D eigenvalue weighted by Crippen LogP contribution is 2.36. The van der Waals surface area contributed by atoms with Crippen molar-refractivity contribution in [2.75, 3.05) is 74.6 Å². The lowest BCUT2D eigenvalue weighted by molar-refractivity contribution is 0.285. The van der Waals surface area contributed by atoms with Gasteiger partial charge in [0.2, 0.25) is 0 Å². The zero-order chi connectivity index (χ0) is 101. The Kier molecular flexibility index (Phi) is 45.9. The molecule has 0 spiro atoms. The number of ether oxygens (including phenoxy) is 12. The summed E-state index contributed by atoms with van der Waals surface area (Å²) in [5.41, 5.74) is 20.7. The molecule has 0 saturated carbocycles. The predicted octanol–water partition coefficient (Wildman–Crippen LogP) is 28.7. The summed E-state index contributed by atoms with van der Waals surface area (Å²) in [4.78, 5) is 0. The quantitative estimate of drug-likeness (QED) is 0.0191. The number of para-hydroxylation sites is 1. The van der Waals surface area contributed by atoms with Crippen LogP contribution in [0.2, 0.25) is 5.02 Å². The van der Waals surface area contributed by atoms with Crippen molar-refractivity contribution in [2.24, 2.45) is 0 Å². The minimum atomic E-state index is -0.480. The molecule has 18 nitrogen and oxygen atoms in total. The standard InChI is InChI=1S/C18H20FNO2S.C17H17BrFNO2S.C17H17ClFNO2S.C17H17F2NO2S.C17H17FINO2S.C17H18FNO2S/c1-11-6-5-7-16(20-18(23)21-4)14(11)10-22-17-9-13(3)12(2)8-15(17)19;3*1-10-7-14(19)16(8-11(10)2)22-9-12-13(18)5-4-6-15(12)20-17(23)21-3;1-10-7-13(18)16(8-11(10)2)22-9-12-14(19)5-4-6-15(12)20-17(23)21-3;1-11-8-14(18)16(9-12(11)2)21-10-13-6-4-5-7-15(13)19-17(22)20-3/h5-9H,10H2,1-4H3,(H,20,23);4*4-8H,9H2,1-3H3,(H,20,23);4-9H,10H2,1-3H3,(H,19,22). The molecule has 0 unspecified atom stereocenters. The molecule has 0 radical (unpaired) electrons. The first-order chi connectivity index (χ1) is 65.1. The van der Waals surface area contributed by atoms with Crippen LogP contribution in [-0.2, 0) is 68.1 Å². The van der Waals surface area contributed by atoms with E-state index >= 15 is 0 Å². The van der Waals surface area contributed by atoms with E-state index in [0.29, 0.717) is 22.0 Å². The summed E-state index contributed by atoms with van der Waals surface area (Å²) in [6.45, 7) is 25.4. The van der Waals surface area contributed by atoms with E-state index in [1.54, 1.807) is 60.7 Å². The number of hydrogen-bond acceptors (Lipinski definition) is 18. The molecule has 0 fully saturated rings. The number of halogens is 10. The van der Waals surface area contributed by atoms with Gasteiger partial charge in [-0.25, -0.2) is 30.7 Å². The highest BCUT2D eigenvalue weighted by molar-refractivity contribution is 14.1. The minimum Gasteiger partial charge on any atom is -0.486 e. The van der Waals surface area contributed by atoms with Gasteiger partial charge in [0.05, 0.1) is 48.3 Å². The van der Waals surface area contributed by atoms with Crippen molar-refractivity contribution in [3.8, 4) is 34.5 Å². The van der Waals surface area contributed by atoms with Gasteiger partial charge in [0.1, 0.15) is 45.5 Å². The summed E-state index contributed by atoms with van der Waals surface area (Å²) in [6, 6.07) is 53.3. The Bertz CT molecular complexity index is 5570. The fourth-order valence-corrected chi connectivity index (χ4v) is 14.2. The van der Waals surface area contributed by atoms with Crippen molar-refractivity contribution < 1.29 is 87.6 Å². The molecule has 12 aromatic carbocycles. The molecule has 0 amide bonds. The molecular formula is C103H106BrClF7IN6O12S6. The maximum absolute atomic E-state index is 14.1. The van der Waals surface area contributed by atoms with E-state index in [0.717, 1.165) is 125 Å². The summed E-state index contributed by atoms with van der Waals surface area (Å²) < 4.78 is 163. The van der Waals surface area contributed by atoms with Gasteiger partial charge in [-0.15, -0.1) is 0 Å². The van der Waals surface area contributed by atoms with E-state index in [4.69, 9.17) is 142 Å². The van der Waals surface area contributed by atoms with Gasteiger partial charge >= 0.3 is 0 Å². The van der Waals surface area contributed by atoms with Crippen molar-refractivity contribution in [3.63, 3.8) is 0 Å². The summed E-state index contributed by atoms with van der Waals surface area (Å²) in [6.07, 6.45) is 0. The molecule has 137 heavy (non-hydrogen) atoms. The van der Waals surface area contributed by atoms with Gasteiger partial charge < -0.3 is 88.7 Å². The highest BCUT2D eigenvalue weighted by Gasteiger charge is 2.21. The molecule has 0 aromatic heterocycles. The maximum Gasteiger partial charge on any atom is 0.260 e. The van der Waals surface area contributed by atoms with Crippen LogP contribution in [0.1, 0.15) is 106 Å². The molecule has 0 saturated heterocycles. The van der Waals surface area contributed by atoms with E-state index in [2.05, 4.69) is 70.4 Å². The molecule has 12 aromatic rings. The van der Waals surface area contributed by atoms with Gasteiger partial charge in [-0.05, 0) is 392 Å². The predicted molar refractivity (Wildman–Crippen MR) is 569 cm³/mol. The minimum absolute atomic E-state index is 0.0802. The average Bonchev–Trinajstić information content (AvgIpc) is 0.837. The van der Waals surface area contributed by atoms with Crippen LogP contribution in [-0.4, -0.2) is 73.7 Å². The summed E-state index contributed by atoms with van der Waals surface area (Å²) >= 11 is 41.9. The normalized spacial score (nSPS) is 10.3. The van der Waals surface area contributed by atoms with Crippen LogP contribution in [0.3, 0.4) is 0 Å². The van der Waals surface area contributed by atoms with Crippen LogP contribution in [0.25, 0.3) is 0 Å². The first kappa shape index (κ1) is 113. The fraction of sp³-hybridized carbons (Fsp3) is 0.243. The summed E-state index contributed by atoms with van der Waals surface area (Å²) in [7, 11) is 8.89. The number of aryl methyl sites for hydroxylation is 13. The number of hydrogen-bond donors (Lipinski definition) is 6. The van der Waals surface area contributed by atoms with E-state index in [1.807, 2.05) is 169 Å². The van der Waals surface area contributed by atoms with Crippen LogP contribution in [0, 0.1) is 134 Å². The molecule has 0 heterocycles. The van der Waals surface area contributed by atoms with Gasteiger partial charge in [0.25, 0.3) is 31.0 Å². The summed E-state index contributed by atoms with van der Waals surface area (Å²) in [5, 5.41) is 19.5. The fourth-order valence-electron chi connectivity index (χ4n) is 12.1. The summed E-state index contributed by atoms with van der Waals surface area (Å²) in [5.74, 6) is -1.58. The Morgan fingerprint density at radius 2 is 0.504 bits per heavy atom. The van der Waals surface area contributed by atoms with E-state index < -0.39 is 17.5 Å². The lowest BCUT2D eigenvalue weighted by Crippen LogP contribution is -2.14. The van der Waals surface area contributed by atoms with Gasteiger partial charge in [0, 0.05) is 74.9 Å². The number of anilines is 6. The molecule has 726 valence electrons. The molecule has 6 N–H and O–H groups in total. The van der Waals surface area contributed by atoms with Gasteiger partial charge in [0.15, 0.2) is 69.4 Å². The van der Waals surface area contributed by atoms with Crippen LogP contribution >= 0.6 is 123 Å². The third-order valence-corrected chi connectivity index (χ3v) is 24.7. The zero-order valence-corrected chi connectivity index (χ0v) is 88.2. The van der Waals surface area contributed by atoms with Gasteiger partial charge in [-0.2, -0.15) is 0 Å². The van der Waals surface area contributed by atoms with Crippen molar-refractivity contribution >= 4 is 189 Å². The molecule has 0 aliphatic heterocycles. The lowest BCUT2D eigenvalue weighted by Gasteiger charge is -2.16. The van der Waals surface area contributed by atoms with E-state index in [9.17, 15) is 30.7 Å². The van der Waals surface area contributed by atoms with Crippen molar-refractivity contribution in [1.29, 1.82) is 0 Å². The van der Waals surface area contributed by atoms with Crippen molar-refractivity contribution in [2.45, 2.75) is 130 Å². The number of benzene rings is 12. The number of methoxy groups -OCH3 is 6. The Balaban J connectivity index is 0.000000224. The van der Waals surface area contributed by atoms with Gasteiger partial charge in [-0.1, -0.05) is 82.1 Å². The van der Waals surface area contributed by atoms with Crippen LogP contribution in [0.4, 0.5) is 64.9 Å². The Morgan fingerprint density at radius 3 is 0.861 bits per heavy atom. The van der Waals surface area contributed by atoms with E-state index in [1.165, 1.54) is 91.2 Å². The number of rotatable bonds is 24. The van der Waals surface area contributed by atoms with Crippen molar-refractivity contribution in [1.82, 2.24) is 0 Å². The Morgan fingerprint density at radius 1 is 0.263 bits per heavy atom. The third kappa shape index (κ3) is 34.9. The van der Waals surface area contributed by atoms with Crippen LogP contribution < -0.4 is 60.3 Å². The second-order valence-corrected chi connectivity index (χ2v) is 35.1. The monoisotopic (exact) mass is 2180 g/mol. The maximum atomic E-state index is 14.1. The Hall–Kier alpha value is -11.4. The largest absolute Gasteiger partial charge is 0.486 e. The first-order valence-corrected chi connectivity index (χ1v) is 46.5. The third-order valence-electron chi connectivity index (χ3n) is 21.0. The molecule has 0 atom stereocenters. The molecule has 0 bridgehead atoms. The smallest absolute Gasteiger partial charge is 0.260 e.